The molecule has 1 aliphatic carbocycles. The average molecular weight is 397 g/mol. The van der Waals surface area contributed by atoms with Crippen LogP contribution in [0.1, 0.15) is 47.0 Å². The molecule has 3 atom stereocenters. The van der Waals surface area contributed by atoms with E-state index in [1.165, 1.54) is 0 Å². The Kier molecular flexibility index (Phi) is 11.9. The molecule has 0 amide bonds. The van der Waals surface area contributed by atoms with Crippen molar-refractivity contribution in [3.8, 4) is 0 Å². The van der Waals surface area contributed by atoms with Crippen molar-refractivity contribution in [2.75, 3.05) is 46.9 Å². The van der Waals surface area contributed by atoms with Gasteiger partial charge >= 0.3 is 0 Å². The van der Waals surface area contributed by atoms with E-state index >= 15 is 0 Å². The van der Waals surface area contributed by atoms with Crippen LogP contribution in [0.15, 0.2) is 11.8 Å². The average Bonchev–Trinajstić information content (AvgIpc) is 2.66. The molecule has 0 spiro atoms. The van der Waals surface area contributed by atoms with Gasteiger partial charge in [0.1, 0.15) is 0 Å². The van der Waals surface area contributed by atoms with Gasteiger partial charge in [-0.25, -0.2) is 0 Å². The summed E-state index contributed by atoms with van der Waals surface area (Å²) in [6.07, 6.45) is 4.60. The molecule has 0 saturated heterocycles. The van der Waals surface area contributed by atoms with Gasteiger partial charge in [0.15, 0.2) is 0 Å². The van der Waals surface area contributed by atoms with E-state index in [0.717, 1.165) is 51.1 Å². The van der Waals surface area contributed by atoms with E-state index in [2.05, 4.69) is 45.0 Å². The second-order valence-corrected chi connectivity index (χ2v) is 9.05. The molecule has 0 aromatic carbocycles. The summed E-state index contributed by atoms with van der Waals surface area (Å²) in [5, 5.41) is 12.0. The molecule has 2 unspecified atom stereocenters. The van der Waals surface area contributed by atoms with Gasteiger partial charge in [-0.3, -0.25) is 0 Å². The monoisotopic (exact) mass is 396 g/mol. The van der Waals surface area contributed by atoms with Crippen LogP contribution in [0.2, 0.25) is 0 Å². The molecular formula is C22H44N4O2. The summed E-state index contributed by atoms with van der Waals surface area (Å²) in [5.74, 6) is 1.15. The first-order chi connectivity index (χ1) is 13.3. The Hall–Kier alpha value is -0.950. The normalized spacial score (nSPS) is 23.8. The number of hydrogen-bond acceptors (Lipinski definition) is 6. The topological polar surface area (TPSA) is 83.6 Å². The lowest BCUT2D eigenvalue weighted by molar-refractivity contribution is -0.0634. The Labute approximate surface area is 172 Å². The lowest BCUT2D eigenvalue weighted by Gasteiger charge is -2.36. The van der Waals surface area contributed by atoms with Crippen LogP contribution < -0.4 is 11.1 Å². The zero-order valence-corrected chi connectivity index (χ0v) is 19.0. The molecular weight excluding hydrogens is 352 g/mol. The summed E-state index contributed by atoms with van der Waals surface area (Å²) in [6.45, 7) is 12.7. The standard InChI is InChI=1S/C22H44N4O2/c1-16(2)14-27-20-9-18(10-21(11-20)28-15-17(3)4)22(24)19(12-23)13-26(6)8-7-25-5/h12,16-18,20-21,24-25H,7-11,13-15,23H2,1-6H3/b19-12-,24-22?/t18?,20-,21?/m0/s1. The molecule has 0 aromatic heterocycles. The minimum Gasteiger partial charge on any atom is -0.404 e. The summed E-state index contributed by atoms with van der Waals surface area (Å²) in [5.41, 5.74) is 7.48. The van der Waals surface area contributed by atoms with Crippen molar-refractivity contribution >= 4 is 5.71 Å². The third-order valence-electron chi connectivity index (χ3n) is 5.09. The number of ether oxygens (including phenoxy) is 2. The van der Waals surface area contributed by atoms with Gasteiger partial charge in [-0.05, 0) is 45.2 Å². The van der Waals surface area contributed by atoms with Crippen molar-refractivity contribution < 1.29 is 9.47 Å². The minimum absolute atomic E-state index is 0.135. The SMILES string of the molecule is CNCCN(C)C/C(=C/N)C(=N)C1CC(OCC(C)C)C[C@@H](OCC(C)C)C1. The highest BCUT2D eigenvalue weighted by molar-refractivity contribution is 5.99. The Morgan fingerprint density at radius 1 is 1.11 bits per heavy atom. The molecule has 1 saturated carbocycles. The predicted octanol–water partition coefficient (Wildman–Crippen LogP) is 2.88. The molecule has 4 N–H and O–H groups in total. The van der Waals surface area contributed by atoms with E-state index in [1.807, 2.05) is 7.05 Å². The first-order valence-corrected chi connectivity index (χ1v) is 10.8. The quantitative estimate of drug-likeness (QED) is 0.417. The first kappa shape index (κ1) is 25.1. The number of nitrogens with zero attached hydrogens (tertiary/aromatic N) is 1. The molecule has 0 heterocycles. The largest absolute Gasteiger partial charge is 0.404 e. The van der Waals surface area contributed by atoms with Crippen molar-refractivity contribution in [2.45, 2.75) is 59.2 Å². The number of hydrogen-bond donors (Lipinski definition) is 3. The van der Waals surface area contributed by atoms with Crippen molar-refractivity contribution in [3.63, 3.8) is 0 Å². The van der Waals surface area contributed by atoms with Crippen LogP contribution >= 0.6 is 0 Å². The molecule has 0 radical (unpaired) electrons. The molecule has 0 aliphatic heterocycles. The van der Waals surface area contributed by atoms with Crippen LogP contribution in [-0.2, 0) is 9.47 Å². The van der Waals surface area contributed by atoms with Gasteiger partial charge in [0.2, 0.25) is 0 Å². The van der Waals surface area contributed by atoms with E-state index in [4.69, 9.17) is 20.6 Å². The summed E-state index contributed by atoms with van der Waals surface area (Å²) < 4.78 is 12.3. The van der Waals surface area contributed by atoms with Crippen molar-refractivity contribution in [1.29, 1.82) is 5.41 Å². The molecule has 164 valence electrons. The van der Waals surface area contributed by atoms with E-state index in [1.54, 1.807) is 6.20 Å². The number of rotatable bonds is 13. The molecule has 1 rings (SSSR count). The maximum absolute atomic E-state index is 8.82. The summed E-state index contributed by atoms with van der Waals surface area (Å²) >= 11 is 0. The predicted molar refractivity (Wildman–Crippen MR) is 118 cm³/mol. The molecule has 0 bridgehead atoms. The highest BCUT2D eigenvalue weighted by Crippen LogP contribution is 2.31. The van der Waals surface area contributed by atoms with Gasteiger partial charge < -0.3 is 30.8 Å². The molecule has 6 heteroatoms. The smallest absolute Gasteiger partial charge is 0.0606 e. The van der Waals surface area contributed by atoms with Gasteiger partial charge in [-0.2, -0.15) is 0 Å². The van der Waals surface area contributed by atoms with Crippen LogP contribution in [0.4, 0.5) is 0 Å². The Morgan fingerprint density at radius 2 is 1.64 bits per heavy atom. The van der Waals surface area contributed by atoms with Gasteiger partial charge in [0, 0.05) is 56.3 Å². The third kappa shape index (κ3) is 9.50. The van der Waals surface area contributed by atoms with Crippen LogP contribution in [0.3, 0.4) is 0 Å². The van der Waals surface area contributed by atoms with Crippen molar-refractivity contribution in [2.24, 2.45) is 23.5 Å². The van der Waals surface area contributed by atoms with Crippen LogP contribution in [-0.4, -0.2) is 69.8 Å². The minimum atomic E-state index is 0.135. The summed E-state index contributed by atoms with van der Waals surface area (Å²) in [7, 11) is 4.02. The van der Waals surface area contributed by atoms with E-state index in [-0.39, 0.29) is 18.1 Å². The van der Waals surface area contributed by atoms with Gasteiger partial charge in [-0.15, -0.1) is 0 Å². The Bertz CT molecular complexity index is 459. The maximum atomic E-state index is 8.82. The molecule has 1 fully saturated rings. The molecule has 6 nitrogen and oxygen atoms in total. The van der Waals surface area contributed by atoms with Crippen LogP contribution in [0.25, 0.3) is 0 Å². The Balaban J connectivity index is 2.76. The van der Waals surface area contributed by atoms with Crippen molar-refractivity contribution in [3.05, 3.63) is 11.8 Å². The van der Waals surface area contributed by atoms with Gasteiger partial charge in [-0.1, -0.05) is 27.7 Å². The zero-order chi connectivity index (χ0) is 21.1. The van der Waals surface area contributed by atoms with Crippen LogP contribution in [0, 0.1) is 23.2 Å². The van der Waals surface area contributed by atoms with E-state index < -0.39 is 0 Å². The third-order valence-corrected chi connectivity index (χ3v) is 5.09. The Morgan fingerprint density at radius 3 is 2.07 bits per heavy atom. The highest BCUT2D eigenvalue weighted by atomic mass is 16.5. The fourth-order valence-electron chi connectivity index (χ4n) is 3.54. The zero-order valence-electron chi connectivity index (χ0n) is 19.0. The van der Waals surface area contributed by atoms with Crippen LogP contribution in [0.5, 0.6) is 0 Å². The van der Waals surface area contributed by atoms with Crippen molar-refractivity contribution in [1.82, 2.24) is 10.2 Å². The first-order valence-electron chi connectivity index (χ1n) is 10.8. The fourth-order valence-corrected chi connectivity index (χ4v) is 3.54. The lowest BCUT2D eigenvalue weighted by Crippen LogP contribution is -2.39. The summed E-state index contributed by atoms with van der Waals surface area (Å²) in [6, 6.07) is 0. The number of nitrogens with one attached hydrogen (secondary N) is 2. The fraction of sp³-hybridized carbons (Fsp3) is 0.864. The molecule has 28 heavy (non-hydrogen) atoms. The molecule has 1 aliphatic rings. The highest BCUT2D eigenvalue weighted by Gasteiger charge is 2.33. The number of likely N-dealkylation sites (N-methyl/N-ethyl adjacent to an activating group) is 2. The second-order valence-electron chi connectivity index (χ2n) is 9.05. The number of nitrogens with two attached hydrogens (primary N) is 1. The van der Waals surface area contributed by atoms with E-state index in [9.17, 15) is 0 Å². The summed E-state index contributed by atoms with van der Waals surface area (Å²) in [4.78, 5) is 2.20. The van der Waals surface area contributed by atoms with Gasteiger partial charge in [0.25, 0.3) is 0 Å². The molecule has 0 aromatic rings. The maximum Gasteiger partial charge on any atom is 0.0606 e. The van der Waals surface area contributed by atoms with E-state index in [0.29, 0.717) is 24.1 Å². The lowest BCUT2D eigenvalue weighted by atomic mass is 9.80. The van der Waals surface area contributed by atoms with Gasteiger partial charge in [0.05, 0.1) is 12.2 Å². The second kappa shape index (κ2) is 13.3.